The van der Waals surface area contributed by atoms with Crippen LogP contribution in [-0.2, 0) is 0 Å². The largest absolute Gasteiger partial charge is 0.454 e. The van der Waals surface area contributed by atoms with Crippen molar-refractivity contribution in [2.24, 2.45) is 0 Å². The Kier molecular flexibility index (Phi) is 3.47. The molecular weight excluding hydrogens is 402 g/mol. The molecule has 0 radical (unpaired) electrons. The Labute approximate surface area is 182 Å². The monoisotopic (exact) mass is 419 g/mol. The van der Waals surface area contributed by atoms with Crippen molar-refractivity contribution in [2.75, 3.05) is 12.1 Å². The van der Waals surface area contributed by atoms with E-state index in [0.717, 1.165) is 38.5 Å². The fraction of sp³-hybridized carbons (Fsp3) is 0.0741. The molecule has 0 saturated heterocycles. The first kappa shape index (κ1) is 17.4. The normalized spacial score (nSPS) is 15.9. The maximum atomic E-state index is 13.4. The van der Waals surface area contributed by atoms with E-state index in [1.54, 1.807) is 0 Å². The van der Waals surface area contributed by atoms with Crippen molar-refractivity contribution in [3.8, 4) is 22.6 Å². The molecule has 2 aliphatic rings. The second-order valence-electron chi connectivity index (χ2n) is 8.07. The lowest BCUT2D eigenvalue weighted by Crippen LogP contribution is -2.25. The van der Waals surface area contributed by atoms with Crippen LogP contribution in [-0.4, -0.2) is 6.79 Å². The summed E-state index contributed by atoms with van der Waals surface area (Å²) >= 11 is 0. The highest BCUT2D eigenvalue weighted by atomic mass is 16.7. The van der Waals surface area contributed by atoms with Crippen LogP contribution in [0.3, 0.4) is 0 Å². The molecule has 4 aromatic carbocycles. The standard InChI is InChI=1S/C27H17NO4/c29-27-25-24(18-7-3-4-8-20(18)32-27)23-17-6-2-1-5-15(17)9-11-19(23)28-26(25)16-10-12-21-22(13-16)31-14-30-21/h1-13,26,28H,14H2. The molecule has 0 spiro atoms. The second kappa shape index (κ2) is 6.37. The van der Waals surface area contributed by atoms with Crippen molar-refractivity contribution in [1.82, 2.24) is 0 Å². The van der Waals surface area contributed by atoms with E-state index in [1.165, 1.54) is 0 Å². The SMILES string of the molecule is O=c1oc2ccccc2c2c1C(c1ccc3c(c1)OCO3)Nc1ccc3ccccc3c1-2. The highest BCUT2D eigenvalue weighted by Gasteiger charge is 2.33. The van der Waals surface area contributed by atoms with Gasteiger partial charge in [-0.3, -0.25) is 0 Å². The molecule has 1 aromatic heterocycles. The molecule has 5 nitrogen and oxygen atoms in total. The minimum Gasteiger partial charge on any atom is -0.454 e. The number of ether oxygens (including phenoxy) is 2. The van der Waals surface area contributed by atoms with Gasteiger partial charge < -0.3 is 19.2 Å². The first-order chi connectivity index (χ1) is 15.8. The zero-order chi connectivity index (χ0) is 21.2. The molecule has 5 aromatic rings. The molecule has 1 unspecified atom stereocenters. The zero-order valence-corrected chi connectivity index (χ0v) is 16.9. The van der Waals surface area contributed by atoms with Gasteiger partial charge in [0.2, 0.25) is 6.79 Å². The Bertz CT molecular complexity index is 1620. The van der Waals surface area contributed by atoms with Gasteiger partial charge in [-0.25, -0.2) is 4.79 Å². The first-order valence-corrected chi connectivity index (χ1v) is 10.5. The summed E-state index contributed by atoms with van der Waals surface area (Å²) in [6.45, 7) is 0.203. The van der Waals surface area contributed by atoms with Gasteiger partial charge in [-0.2, -0.15) is 0 Å². The van der Waals surface area contributed by atoms with Crippen molar-refractivity contribution in [3.63, 3.8) is 0 Å². The van der Waals surface area contributed by atoms with Crippen LogP contribution >= 0.6 is 0 Å². The minimum absolute atomic E-state index is 0.203. The smallest absolute Gasteiger partial charge is 0.342 e. The first-order valence-electron chi connectivity index (χ1n) is 10.5. The van der Waals surface area contributed by atoms with Gasteiger partial charge in [0, 0.05) is 22.2 Å². The van der Waals surface area contributed by atoms with Crippen molar-refractivity contribution in [3.05, 3.63) is 100 Å². The van der Waals surface area contributed by atoms with E-state index in [-0.39, 0.29) is 18.5 Å². The third kappa shape index (κ3) is 2.36. The van der Waals surface area contributed by atoms with Gasteiger partial charge in [0.05, 0.1) is 11.6 Å². The third-order valence-corrected chi connectivity index (χ3v) is 6.35. The lowest BCUT2D eigenvalue weighted by atomic mass is 9.83. The fourth-order valence-electron chi connectivity index (χ4n) is 4.93. The van der Waals surface area contributed by atoms with Crippen LogP contribution in [0.4, 0.5) is 5.69 Å². The molecule has 5 heteroatoms. The average molecular weight is 419 g/mol. The molecule has 2 aliphatic heterocycles. The summed E-state index contributed by atoms with van der Waals surface area (Å²) < 4.78 is 16.8. The van der Waals surface area contributed by atoms with Crippen molar-refractivity contribution in [1.29, 1.82) is 0 Å². The van der Waals surface area contributed by atoms with Crippen molar-refractivity contribution < 1.29 is 13.9 Å². The van der Waals surface area contributed by atoms with E-state index in [0.29, 0.717) is 22.6 Å². The molecule has 0 fully saturated rings. The summed E-state index contributed by atoms with van der Waals surface area (Å²) in [5.74, 6) is 1.39. The predicted molar refractivity (Wildman–Crippen MR) is 123 cm³/mol. The fourth-order valence-corrected chi connectivity index (χ4v) is 4.93. The number of anilines is 1. The third-order valence-electron chi connectivity index (χ3n) is 6.35. The van der Waals surface area contributed by atoms with E-state index in [2.05, 4.69) is 29.6 Å². The molecule has 7 rings (SSSR count). The molecule has 1 N–H and O–H groups in total. The molecule has 3 heterocycles. The van der Waals surface area contributed by atoms with E-state index >= 15 is 0 Å². The van der Waals surface area contributed by atoms with Crippen LogP contribution in [0, 0.1) is 0 Å². The molecule has 154 valence electrons. The number of para-hydroxylation sites is 1. The zero-order valence-electron chi connectivity index (χ0n) is 16.9. The number of nitrogens with one attached hydrogen (secondary N) is 1. The van der Waals surface area contributed by atoms with Gasteiger partial charge >= 0.3 is 5.63 Å². The molecule has 1 atom stereocenters. The van der Waals surface area contributed by atoms with E-state index < -0.39 is 0 Å². The van der Waals surface area contributed by atoms with Gasteiger partial charge in [-0.1, -0.05) is 54.6 Å². The Balaban J connectivity index is 1.59. The molecule has 32 heavy (non-hydrogen) atoms. The highest BCUT2D eigenvalue weighted by Crippen LogP contribution is 2.48. The second-order valence-corrected chi connectivity index (χ2v) is 8.07. The van der Waals surface area contributed by atoms with Crippen molar-refractivity contribution in [2.45, 2.75) is 6.04 Å². The summed E-state index contributed by atoms with van der Waals surface area (Å²) in [4.78, 5) is 13.4. The van der Waals surface area contributed by atoms with Gasteiger partial charge in [-0.05, 0) is 40.6 Å². The maximum absolute atomic E-state index is 13.4. The van der Waals surface area contributed by atoms with Crippen LogP contribution in [0.2, 0.25) is 0 Å². The Morgan fingerprint density at radius 1 is 0.781 bits per heavy atom. The summed E-state index contributed by atoms with van der Waals surface area (Å²) in [5, 5.41) is 6.74. The van der Waals surface area contributed by atoms with E-state index in [4.69, 9.17) is 13.9 Å². The number of rotatable bonds is 1. The van der Waals surface area contributed by atoms with Gasteiger partial charge in [0.15, 0.2) is 11.5 Å². The molecule has 0 saturated carbocycles. The number of hydrogen-bond donors (Lipinski definition) is 1. The highest BCUT2D eigenvalue weighted by molar-refractivity contribution is 6.11. The van der Waals surface area contributed by atoms with E-state index in [9.17, 15) is 4.79 Å². The predicted octanol–water partition coefficient (Wildman–Crippen LogP) is 5.86. The Hall–Kier alpha value is -4.25. The molecule has 0 amide bonds. The molecule has 0 bridgehead atoms. The lowest BCUT2D eigenvalue weighted by Gasteiger charge is -2.30. The van der Waals surface area contributed by atoms with Gasteiger partial charge in [-0.15, -0.1) is 0 Å². The van der Waals surface area contributed by atoms with Gasteiger partial charge in [0.25, 0.3) is 0 Å². The topological polar surface area (TPSA) is 60.7 Å². The number of fused-ring (bicyclic) bond motifs is 8. The number of hydrogen-bond acceptors (Lipinski definition) is 5. The summed E-state index contributed by atoms with van der Waals surface area (Å²) in [7, 11) is 0. The van der Waals surface area contributed by atoms with Gasteiger partial charge in [0.1, 0.15) is 5.58 Å². The van der Waals surface area contributed by atoms with Crippen LogP contribution in [0.1, 0.15) is 17.2 Å². The summed E-state index contributed by atoms with van der Waals surface area (Å²) in [6.07, 6.45) is 0. The summed E-state index contributed by atoms with van der Waals surface area (Å²) in [6, 6.07) is 25.6. The van der Waals surface area contributed by atoms with Crippen LogP contribution in [0.5, 0.6) is 11.5 Å². The summed E-state index contributed by atoms with van der Waals surface area (Å²) in [5.41, 5.74) is 4.69. The van der Waals surface area contributed by atoms with Crippen LogP contribution < -0.4 is 20.4 Å². The van der Waals surface area contributed by atoms with Crippen LogP contribution in [0.15, 0.2) is 88.1 Å². The number of benzene rings is 4. The Morgan fingerprint density at radius 3 is 2.53 bits per heavy atom. The minimum atomic E-state index is -0.381. The average Bonchev–Trinajstić information content (AvgIpc) is 3.31. The quantitative estimate of drug-likeness (QED) is 0.345. The molecular formula is C27H17NO4. The Morgan fingerprint density at radius 2 is 1.59 bits per heavy atom. The lowest BCUT2D eigenvalue weighted by molar-refractivity contribution is 0.174. The van der Waals surface area contributed by atoms with E-state index in [1.807, 2.05) is 54.6 Å². The molecule has 0 aliphatic carbocycles. The van der Waals surface area contributed by atoms with Crippen LogP contribution in [0.25, 0.3) is 32.9 Å². The van der Waals surface area contributed by atoms with Crippen molar-refractivity contribution >= 4 is 27.4 Å². The maximum Gasteiger partial charge on any atom is 0.342 e.